The van der Waals surface area contributed by atoms with Crippen molar-refractivity contribution >= 4 is 9.84 Å². The summed E-state index contributed by atoms with van der Waals surface area (Å²) in [7, 11) is -3.21. The fourth-order valence-electron chi connectivity index (χ4n) is 3.60. The number of hydrogen-bond donors (Lipinski definition) is 1. The van der Waals surface area contributed by atoms with Crippen molar-refractivity contribution in [3.63, 3.8) is 0 Å². The lowest BCUT2D eigenvalue weighted by molar-refractivity contribution is 0.00592. The molecule has 0 spiro atoms. The van der Waals surface area contributed by atoms with Gasteiger partial charge in [0, 0.05) is 31.8 Å². The second kappa shape index (κ2) is 9.07. The molecule has 0 bridgehead atoms. The molecule has 1 N–H and O–H groups in total. The maximum Gasteiger partial charge on any atom is 0.175 e. The molecule has 3 rings (SSSR count). The molecule has 5 nitrogen and oxygen atoms in total. The Morgan fingerprint density at radius 3 is 2.61 bits per heavy atom. The third-order valence-electron chi connectivity index (χ3n) is 5.29. The van der Waals surface area contributed by atoms with Crippen LogP contribution in [0.15, 0.2) is 53.4 Å². The Kier molecular flexibility index (Phi) is 6.75. The summed E-state index contributed by atoms with van der Waals surface area (Å²) in [6, 6.07) is 15.0. The van der Waals surface area contributed by atoms with Crippen LogP contribution in [0, 0.1) is 12.8 Å². The Bertz CT molecular complexity index is 880. The van der Waals surface area contributed by atoms with Crippen molar-refractivity contribution in [1.29, 1.82) is 0 Å². The van der Waals surface area contributed by atoms with Gasteiger partial charge in [-0.2, -0.15) is 0 Å². The first-order chi connectivity index (χ1) is 13.3. The van der Waals surface area contributed by atoms with E-state index in [9.17, 15) is 13.5 Å². The summed E-state index contributed by atoms with van der Waals surface area (Å²) >= 11 is 0. The molecule has 0 radical (unpaired) electrons. The summed E-state index contributed by atoms with van der Waals surface area (Å²) in [4.78, 5) is 2.66. The van der Waals surface area contributed by atoms with Crippen molar-refractivity contribution in [3.8, 4) is 5.75 Å². The summed E-state index contributed by atoms with van der Waals surface area (Å²) in [6.07, 6.45) is 2.56. The summed E-state index contributed by atoms with van der Waals surface area (Å²) in [5.74, 6) is 0.664. The Morgan fingerprint density at radius 2 is 1.93 bits per heavy atom. The molecule has 2 atom stereocenters. The lowest BCUT2D eigenvalue weighted by Crippen LogP contribution is -2.46. The van der Waals surface area contributed by atoms with Crippen LogP contribution in [0.1, 0.15) is 17.5 Å². The highest BCUT2D eigenvalue weighted by Crippen LogP contribution is 2.21. The number of benzene rings is 2. The standard InChI is InChI=1S/C22H29NO4S/c1-17-4-3-5-18(14-17)10-12-23-13-11-22(24)19(15-23)16-27-20-6-8-21(9-7-20)28(2,25)26/h3-9,14,19,22,24H,10-13,15-16H2,1-2H3. The van der Waals surface area contributed by atoms with Gasteiger partial charge >= 0.3 is 0 Å². The molecule has 152 valence electrons. The lowest BCUT2D eigenvalue weighted by atomic mass is 9.95. The van der Waals surface area contributed by atoms with Gasteiger partial charge in [-0.15, -0.1) is 0 Å². The number of likely N-dealkylation sites (tertiary alicyclic amines) is 1. The molecule has 6 heteroatoms. The average molecular weight is 404 g/mol. The average Bonchev–Trinajstić information content (AvgIpc) is 2.66. The maximum atomic E-state index is 11.5. The number of hydrogen-bond acceptors (Lipinski definition) is 5. The van der Waals surface area contributed by atoms with Gasteiger partial charge in [0.25, 0.3) is 0 Å². The Hall–Kier alpha value is -1.89. The number of aliphatic hydroxyl groups excluding tert-OH is 1. The Labute approximate surface area is 167 Å². The van der Waals surface area contributed by atoms with E-state index in [0.717, 1.165) is 32.5 Å². The van der Waals surface area contributed by atoms with Gasteiger partial charge in [-0.05, 0) is 49.6 Å². The van der Waals surface area contributed by atoms with Crippen molar-refractivity contribution in [2.45, 2.75) is 30.8 Å². The van der Waals surface area contributed by atoms with E-state index in [1.807, 2.05) is 0 Å². The van der Waals surface area contributed by atoms with Crippen molar-refractivity contribution in [2.24, 2.45) is 5.92 Å². The van der Waals surface area contributed by atoms with Gasteiger partial charge in [0.2, 0.25) is 0 Å². The molecule has 28 heavy (non-hydrogen) atoms. The van der Waals surface area contributed by atoms with E-state index in [0.29, 0.717) is 12.4 Å². The predicted molar refractivity (Wildman–Crippen MR) is 110 cm³/mol. The third-order valence-corrected chi connectivity index (χ3v) is 6.42. The monoisotopic (exact) mass is 403 g/mol. The number of nitrogens with zero attached hydrogens (tertiary/aromatic N) is 1. The van der Waals surface area contributed by atoms with Gasteiger partial charge in [-0.1, -0.05) is 29.8 Å². The largest absolute Gasteiger partial charge is 0.493 e. The van der Waals surface area contributed by atoms with Crippen LogP contribution in [0.2, 0.25) is 0 Å². The molecule has 2 unspecified atom stereocenters. The van der Waals surface area contributed by atoms with Crippen molar-refractivity contribution in [2.75, 3.05) is 32.5 Å². The maximum absolute atomic E-state index is 11.5. The molecule has 2 aromatic rings. The number of sulfone groups is 1. The Morgan fingerprint density at radius 1 is 1.18 bits per heavy atom. The van der Waals surface area contributed by atoms with Crippen LogP contribution in [-0.4, -0.2) is 57.0 Å². The van der Waals surface area contributed by atoms with Crippen LogP contribution in [0.4, 0.5) is 0 Å². The molecular formula is C22H29NO4S. The van der Waals surface area contributed by atoms with Gasteiger partial charge < -0.3 is 14.7 Å². The van der Waals surface area contributed by atoms with Gasteiger partial charge in [0.15, 0.2) is 9.84 Å². The minimum atomic E-state index is -3.21. The molecule has 1 fully saturated rings. The van der Waals surface area contributed by atoms with E-state index in [4.69, 9.17) is 4.74 Å². The predicted octanol–water partition coefficient (Wildman–Crippen LogP) is 2.70. The van der Waals surface area contributed by atoms with Gasteiger partial charge in [-0.25, -0.2) is 8.42 Å². The Balaban J connectivity index is 1.51. The zero-order valence-corrected chi connectivity index (χ0v) is 17.4. The van der Waals surface area contributed by atoms with E-state index in [2.05, 4.69) is 36.1 Å². The van der Waals surface area contributed by atoms with Crippen molar-refractivity contribution in [3.05, 3.63) is 59.7 Å². The number of piperidine rings is 1. The third kappa shape index (κ3) is 5.80. The van der Waals surface area contributed by atoms with E-state index in [-0.39, 0.29) is 16.9 Å². The molecule has 0 amide bonds. The highest BCUT2D eigenvalue weighted by molar-refractivity contribution is 7.90. The van der Waals surface area contributed by atoms with Gasteiger partial charge in [-0.3, -0.25) is 0 Å². The quantitative estimate of drug-likeness (QED) is 0.770. The highest BCUT2D eigenvalue weighted by atomic mass is 32.2. The molecule has 1 saturated heterocycles. The first kappa shape index (κ1) is 20.8. The van der Waals surface area contributed by atoms with Crippen LogP contribution in [-0.2, 0) is 16.3 Å². The van der Waals surface area contributed by atoms with Gasteiger partial charge in [0.05, 0.1) is 17.6 Å². The summed E-state index contributed by atoms with van der Waals surface area (Å²) < 4.78 is 28.9. The summed E-state index contributed by atoms with van der Waals surface area (Å²) in [5.41, 5.74) is 2.62. The number of aryl methyl sites for hydroxylation is 1. The van der Waals surface area contributed by atoms with E-state index in [1.54, 1.807) is 24.3 Å². The molecule has 1 aliphatic heterocycles. The highest BCUT2D eigenvalue weighted by Gasteiger charge is 2.28. The zero-order chi connectivity index (χ0) is 20.1. The molecule has 0 aromatic heterocycles. The van der Waals surface area contributed by atoms with Crippen LogP contribution in [0.3, 0.4) is 0 Å². The number of aliphatic hydroxyl groups is 1. The topological polar surface area (TPSA) is 66.8 Å². The SMILES string of the molecule is Cc1cccc(CCN2CCC(O)C(COc3ccc(S(C)(=O)=O)cc3)C2)c1. The van der Waals surface area contributed by atoms with Crippen molar-refractivity contribution < 1.29 is 18.3 Å². The lowest BCUT2D eigenvalue weighted by Gasteiger charge is -2.36. The number of ether oxygens (including phenoxy) is 1. The fourth-order valence-corrected chi connectivity index (χ4v) is 4.23. The minimum Gasteiger partial charge on any atom is -0.493 e. The molecule has 0 saturated carbocycles. The molecule has 0 aliphatic carbocycles. The molecule has 2 aromatic carbocycles. The van der Waals surface area contributed by atoms with Crippen LogP contribution in [0.5, 0.6) is 5.75 Å². The second-order valence-electron chi connectivity index (χ2n) is 7.71. The first-order valence-electron chi connectivity index (χ1n) is 9.70. The van der Waals surface area contributed by atoms with Crippen LogP contribution >= 0.6 is 0 Å². The summed E-state index contributed by atoms with van der Waals surface area (Å²) in [6.45, 7) is 5.19. The van der Waals surface area contributed by atoms with E-state index in [1.165, 1.54) is 17.4 Å². The van der Waals surface area contributed by atoms with Crippen LogP contribution in [0.25, 0.3) is 0 Å². The van der Waals surface area contributed by atoms with E-state index >= 15 is 0 Å². The van der Waals surface area contributed by atoms with Crippen molar-refractivity contribution in [1.82, 2.24) is 4.90 Å². The zero-order valence-electron chi connectivity index (χ0n) is 16.5. The second-order valence-corrected chi connectivity index (χ2v) is 9.73. The number of rotatable bonds is 7. The smallest absolute Gasteiger partial charge is 0.175 e. The summed E-state index contributed by atoms with van der Waals surface area (Å²) in [5, 5.41) is 10.4. The first-order valence-corrected chi connectivity index (χ1v) is 11.6. The molecular weight excluding hydrogens is 374 g/mol. The minimum absolute atomic E-state index is 0.0424. The molecule has 1 aliphatic rings. The molecule has 1 heterocycles. The van der Waals surface area contributed by atoms with Crippen LogP contribution < -0.4 is 4.74 Å². The fraction of sp³-hybridized carbons (Fsp3) is 0.455. The van der Waals surface area contributed by atoms with E-state index < -0.39 is 9.84 Å². The van der Waals surface area contributed by atoms with Gasteiger partial charge in [0.1, 0.15) is 5.75 Å². The normalized spacial score (nSPS) is 20.8.